The van der Waals surface area contributed by atoms with Crippen molar-refractivity contribution in [3.05, 3.63) is 28.8 Å². The maximum Gasteiger partial charge on any atom is 0.387 e. The van der Waals surface area contributed by atoms with Crippen molar-refractivity contribution in [3.63, 3.8) is 0 Å². The van der Waals surface area contributed by atoms with Crippen molar-refractivity contribution in [1.82, 2.24) is 0 Å². The molecular weight excluding hydrogens is 258 g/mol. The predicted octanol–water partition coefficient (Wildman–Crippen LogP) is 1.33. The lowest BCUT2D eigenvalue weighted by atomic mass is 10.0. The maximum atomic E-state index is 12.3. The second kappa shape index (κ2) is 6.66. The molecule has 1 rings (SSSR count). The highest BCUT2D eigenvalue weighted by molar-refractivity contribution is 5.73. The van der Waals surface area contributed by atoms with Gasteiger partial charge in [0.2, 0.25) is 0 Å². The fourth-order valence-corrected chi connectivity index (χ4v) is 1.59. The summed E-state index contributed by atoms with van der Waals surface area (Å²) < 4.78 is 33.4. The van der Waals surface area contributed by atoms with Crippen LogP contribution in [-0.4, -0.2) is 19.7 Å². The lowest BCUT2D eigenvalue weighted by molar-refractivity contribution is -0.139. The summed E-state index contributed by atoms with van der Waals surface area (Å²) in [6, 6.07) is 4.37. The number of alkyl halides is 2. The van der Waals surface area contributed by atoms with Crippen LogP contribution in [0.25, 0.3) is 0 Å². The lowest BCUT2D eigenvalue weighted by Gasteiger charge is -2.14. The average Bonchev–Trinajstić information content (AvgIpc) is 2.37. The van der Waals surface area contributed by atoms with Gasteiger partial charge in [-0.1, -0.05) is 0 Å². The molecular formula is C12H12F2N2O3. The highest BCUT2D eigenvalue weighted by atomic mass is 19.3. The molecule has 0 bridgehead atoms. The molecule has 0 aromatic heterocycles. The van der Waals surface area contributed by atoms with Crippen LogP contribution < -0.4 is 10.5 Å². The molecule has 102 valence electrons. The Morgan fingerprint density at radius 2 is 2.21 bits per heavy atom. The van der Waals surface area contributed by atoms with Crippen LogP contribution in [0.2, 0.25) is 0 Å². The van der Waals surface area contributed by atoms with Gasteiger partial charge in [0.05, 0.1) is 25.2 Å². The van der Waals surface area contributed by atoms with Crippen LogP contribution in [0, 0.1) is 11.3 Å². The van der Waals surface area contributed by atoms with Crippen LogP contribution in [0.5, 0.6) is 5.75 Å². The molecule has 0 atom stereocenters. The highest BCUT2D eigenvalue weighted by Gasteiger charge is 2.16. The van der Waals surface area contributed by atoms with Gasteiger partial charge in [0.1, 0.15) is 5.75 Å². The van der Waals surface area contributed by atoms with E-state index in [-0.39, 0.29) is 29.8 Å². The first-order valence-corrected chi connectivity index (χ1v) is 5.29. The van der Waals surface area contributed by atoms with Gasteiger partial charge in [-0.2, -0.15) is 14.0 Å². The molecule has 0 saturated carbocycles. The molecule has 0 heterocycles. The summed E-state index contributed by atoms with van der Waals surface area (Å²) in [5.74, 6) is -0.761. The van der Waals surface area contributed by atoms with Crippen LogP contribution in [0.1, 0.15) is 16.7 Å². The lowest BCUT2D eigenvalue weighted by Crippen LogP contribution is -2.13. The molecule has 0 fully saturated rings. The quantitative estimate of drug-likeness (QED) is 0.816. The van der Waals surface area contributed by atoms with Crippen molar-refractivity contribution >= 4 is 5.97 Å². The summed E-state index contributed by atoms with van der Waals surface area (Å²) in [5, 5.41) is 8.84. The molecule has 0 radical (unpaired) electrons. The van der Waals surface area contributed by atoms with E-state index in [1.807, 2.05) is 0 Å². The van der Waals surface area contributed by atoms with Gasteiger partial charge in [0.25, 0.3) is 0 Å². The van der Waals surface area contributed by atoms with Crippen LogP contribution in [-0.2, 0) is 22.5 Å². The van der Waals surface area contributed by atoms with Gasteiger partial charge >= 0.3 is 12.6 Å². The van der Waals surface area contributed by atoms with Crippen LogP contribution in [0.4, 0.5) is 8.78 Å². The van der Waals surface area contributed by atoms with E-state index in [1.54, 1.807) is 6.07 Å². The standard InChI is InChI=1S/C12H12F2N2O3/c1-18-11(17)4-8-2-7(5-15)3-10(9(8)6-16)19-12(13)14/h2-3,12H,4,6,16H2,1H3. The van der Waals surface area contributed by atoms with E-state index in [2.05, 4.69) is 9.47 Å². The Hall–Kier alpha value is -2.20. The molecule has 1 aromatic carbocycles. The third-order valence-electron chi connectivity index (χ3n) is 2.41. The predicted molar refractivity (Wildman–Crippen MR) is 61.4 cm³/mol. The number of rotatable bonds is 5. The zero-order valence-corrected chi connectivity index (χ0v) is 10.2. The summed E-state index contributed by atoms with van der Waals surface area (Å²) in [4.78, 5) is 11.2. The van der Waals surface area contributed by atoms with E-state index in [0.717, 1.165) is 6.07 Å². The normalized spacial score (nSPS) is 10.1. The minimum Gasteiger partial charge on any atom is -0.469 e. The van der Waals surface area contributed by atoms with E-state index >= 15 is 0 Å². The SMILES string of the molecule is COC(=O)Cc1cc(C#N)cc(OC(F)F)c1CN. The largest absolute Gasteiger partial charge is 0.469 e. The Kier molecular flexibility index (Phi) is 5.21. The van der Waals surface area contributed by atoms with Gasteiger partial charge < -0.3 is 15.2 Å². The van der Waals surface area contributed by atoms with Crippen LogP contribution >= 0.6 is 0 Å². The zero-order valence-electron chi connectivity index (χ0n) is 10.2. The number of ether oxygens (including phenoxy) is 2. The summed E-state index contributed by atoms with van der Waals surface area (Å²) in [7, 11) is 1.20. The number of nitrogens with zero attached hydrogens (tertiary/aromatic N) is 1. The van der Waals surface area contributed by atoms with Gasteiger partial charge in [-0.15, -0.1) is 0 Å². The van der Waals surface area contributed by atoms with Crippen molar-refractivity contribution < 1.29 is 23.0 Å². The van der Waals surface area contributed by atoms with E-state index in [1.165, 1.54) is 13.2 Å². The molecule has 19 heavy (non-hydrogen) atoms. The number of hydrogen-bond acceptors (Lipinski definition) is 5. The van der Waals surface area contributed by atoms with Crippen molar-refractivity contribution in [3.8, 4) is 11.8 Å². The van der Waals surface area contributed by atoms with Crippen molar-refractivity contribution in [2.75, 3.05) is 7.11 Å². The number of nitrogens with two attached hydrogens (primary N) is 1. The van der Waals surface area contributed by atoms with Gasteiger partial charge in [-0.3, -0.25) is 4.79 Å². The molecule has 0 saturated heterocycles. The Morgan fingerprint density at radius 3 is 2.68 bits per heavy atom. The number of halogens is 2. The fraction of sp³-hybridized carbons (Fsp3) is 0.333. The Bertz CT molecular complexity index is 512. The summed E-state index contributed by atoms with van der Waals surface area (Å²) in [6.45, 7) is -3.13. The Labute approximate surface area is 108 Å². The van der Waals surface area contributed by atoms with Gasteiger partial charge in [0.15, 0.2) is 0 Å². The molecule has 0 aliphatic carbocycles. The first kappa shape index (κ1) is 14.9. The summed E-state index contributed by atoms with van der Waals surface area (Å²) >= 11 is 0. The van der Waals surface area contributed by atoms with E-state index in [4.69, 9.17) is 11.0 Å². The number of nitriles is 1. The Morgan fingerprint density at radius 1 is 1.53 bits per heavy atom. The van der Waals surface area contributed by atoms with Gasteiger partial charge in [0, 0.05) is 12.1 Å². The van der Waals surface area contributed by atoms with Crippen molar-refractivity contribution in [2.24, 2.45) is 5.73 Å². The number of carbonyl (C=O) groups excluding carboxylic acids is 1. The molecule has 0 aliphatic rings. The topological polar surface area (TPSA) is 85.3 Å². The molecule has 0 amide bonds. The second-order valence-corrected chi connectivity index (χ2v) is 3.56. The van der Waals surface area contributed by atoms with E-state index in [0.29, 0.717) is 5.56 Å². The summed E-state index contributed by atoms with van der Waals surface area (Å²) in [6.07, 6.45) is -0.169. The molecule has 7 heteroatoms. The summed E-state index contributed by atoms with van der Waals surface area (Å²) in [5.41, 5.74) is 6.17. The number of carbonyl (C=O) groups is 1. The molecule has 5 nitrogen and oxygen atoms in total. The first-order chi connectivity index (χ1) is 9.01. The first-order valence-electron chi connectivity index (χ1n) is 5.29. The zero-order chi connectivity index (χ0) is 14.4. The number of benzene rings is 1. The van der Waals surface area contributed by atoms with Crippen LogP contribution in [0.3, 0.4) is 0 Å². The third kappa shape index (κ3) is 3.89. The number of hydrogen-bond donors (Lipinski definition) is 1. The van der Waals surface area contributed by atoms with E-state index in [9.17, 15) is 13.6 Å². The highest BCUT2D eigenvalue weighted by Crippen LogP contribution is 2.26. The smallest absolute Gasteiger partial charge is 0.387 e. The fourth-order valence-electron chi connectivity index (χ4n) is 1.59. The molecule has 0 spiro atoms. The van der Waals surface area contributed by atoms with Crippen LogP contribution in [0.15, 0.2) is 12.1 Å². The molecule has 0 unspecified atom stereocenters. The van der Waals surface area contributed by atoms with Gasteiger partial charge in [-0.05, 0) is 17.7 Å². The number of esters is 1. The monoisotopic (exact) mass is 270 g/mol. The Balaban J connectivity index is 3.26. The minimum absolute atomic E-state index is 0.0971. The van der Waals surface area contributed by atoms with E-state index < -0.39 is 12.6 Å². The molecule has 1 aromatic rings. The maximum absolute atomic E-state index is 12.3. The van der Waals surface area contributed by atoms with Gasteiger partial charge in [-0.25, -0.2) is 0 Å². The molecule has 0 aliphatic heterocycles. The number of methoxy groups -OCH3 is 1. The average molecular weight is 270 g/mol. The minimum atomic E-state index is -3.04. The second-order valence-electron chi connectivity index (χ2n) is 3.56. The van der Waals surface area contributed by atoms with Crippen molar-refractivity contribution in [1.29, 1.82) is 5.26 Å². The van der Waals surface area contributed by atoms with Crippen molar-refractivity contribution in [2.45, 2.75) is 19.6 Å². The molecule has 2 N–H and O–H groups in total. The third-order valence-corrected chi connectivity index (χ3v) is 2.41.